The highest BCUT2D eigenvalue weighted by Crippen LogP contribution is 2.28. The standard InChI is InChI=1S/C18H18FN5O/c1-2-25-11-3-8-22-18-23-12-15(17-20-9-10-21-17)16(24-18)13-4-6-14(19)7-5-13/h2,4-7,9-10,12H,1,3,8,11H2,(H,20,21)(H,22,23,24). The second-order valence-corrected chi connectivity index (χ2v) is 5.22. The summed E-state index contributed by atoms with van der Waals surface area (Å²) in [4.78, 5) is 16.2. The van der Waals surface area contributed by atoms with Gasteiger partial charge in [-0.2, -0.15) is 0 Å². The molecule has 0 unspecified atom stereocenters. The van der Waals surface area contributed by atoms with Crippen molar-refractivity contribution in [3.05, 3.63) is 61.5 Å². The fraction of sp³-hybridized carbons (Fsp3) is 0.167. The van der Waals surface area contributed by atoms with Crippen molar-refractivity contribution in [1.29, 1.82) is 0 Å². The summed E-state index contributed by atoms with van der Waals surface area (Å²) in [5.74, 6) is 0.858. The minimum Gasteiger partial charge on any atom is -0.502 e. The van der Waals surface area contributed by atoms with Gasteiger partial charge in [0.05, 0.1) is 24.1 Å². The molecule has 0 aliphatic rings. The monoisotopic (exact) mass is 339 g/mol. The predicted octanol–water partition coefficient (Wildman–Crippen LogP) is 3.63. The van der Waals surface area contributed by atoms with Crippen molar-refractivity contribution in [2.45, 2.75) is 6.42 Å². The highest BCUT2D eigenvalue weighted by molar-refractivity contribution is 5.77. The van der Waals surface area contributed by atoms with Gasteiger partial charge in [0.1, 0.15) is 11.6 Å². The van der Waals surface area contributed by atoms with Crippen LogP contribution in [0.2, 0.25) is 0 Å². The van der Waals surface area contributed by atoms with Crippen LogP contribution in [0.4, 0.5) is 10.3 Å². The Bertz CT molecular complexity index is 818. The third-order valence-corrected chi connectivity index (χ3v) is 3.50. The normalized spacial score (nSPS) is 10.4. The number of rotatable bonds is 8. The SMILES string of the molecule is C=COCCCNc1ncc(-c2ncc[nH]2)c(-c2ccc(F)cc2)n1. The maximum Gasteiger partial charge on any atom is 0.223 e. The number of nitrogens with one attached hydrogen (secondary N) is 2. The molecule has 7 heteroatoms. The number of anilines is 1. The minimum atomic E-state index is -0.294. The lowest BCUT2D eigenvalue weighted by Crippen LogP contribution is -2.08. The van der Waals surface area contributed by atoms with Crippen LogP contribution in [0.1, 0.15) is 6.42 Å². The molecule has 0 fully saturated rings. The fourth-order valence-electron chi connectivity index (χ4n) is 2.32. The lowest BCUT2D eigenvalue weighted by molar-refractivity contribution is 0.249. The van der Waals surface area contributed by atoms with Gasteiger partial charge in [-0.25, -0.2) is 19.3 Å². The first kappa shape index (κ1) is 16.6. The average Bonchev–Trinajstić information content (AvgIpc) is 3.16. The zero-order chi connectivity index (χ0) is 17.5. The van der Waals surface area contributed by atoms with Crippen molar-refractivity contribution in [3.63, 3.8) is 0 Å². The molecule has 1 aromatic carbocycles. The van der Waals surface area contributed by atoms with E-state index in [1.54, 1.807) is 30.7 Å². The van der Waals surface area contributed by atoms with Gasteiger partial charge in [0, 0.05) is 30.7 Å². The van der Waals surface area contributed by atoms with Gasteiger partial charge in [0.2, 0.25) is 5.95 Å². The van der Waals surface area contributed by atoms with E-state index in [-0.39, 0.29) is 5.82 Å². The van der Waals surface area contributed by atoms with E-state index in [0.29, 0.717) is 30.6 Å². The summed E-state index contributed by atoms with van der Waals surface area (Å²) < 4.78 is 18.3. The molecule has 2 aromatic heterocycles. The Morgan fingerprint density at radius 2 is 2.08 bits per heavy atom. The number of hydrogen-bond acceptors (Lipinski definition) is 5. The molecule has 25 heavy (non-hydrogen) atoms. The Morgan fingerprint density at radius 3 is 2.80 bits per heavy atom. The number of ether oxygens (including phenoxy) is 1. The Balaban J connectivity index is 1.87. The summed E-state index contributed by atoms with van der Waals surface area (Å²) in [5.41, 5.74) is 2.21. The topological polar surface area (TPSA) is 75.7 Å². The van der Waals surface area contributed by atoms with Crippen LogP contribution in [0.5, 0.6) is 0 Å². The van der Waals surface area contributed by atoms with Gasteiger partial charge in [0.25, 0.3) is 0 Å². The predicted molar refractivity (Wildman–Crippen MR) is 94.3 cm³/mol. The number of benzene rings is 1. The molecule has 0 atom stereocenters. The first-order valence-electron chi connectivity index (χ1n) is 7.87. The van der Waals surface area contributed by atoms with Gasteiger partial charge in [-0.05, 0) is 30.7 Å². The zero-order valence-electron chi connectivity index (χ0n) is 13.6. The maximum atomic E-state index is 13.2. The van der Waals surface area contributed by atoms with E-state index in [9.17, 15) is 4.39 Å². The zero-order valence-corrected chi connectivity index (χ0v) is 13.6. The minimum absolute atomic E-state index is 0.294. The second-order valence-electron chi connectivity index (χ2n) is 5.22. The van der Waals surface area contributed by atoms with Crippen molar-refractivity contribution < 1.29 is 9.13 Å². The summed E-state index contributed by atoms with van der Waals surface area (Å²) >= 11 is 0. The average molecular weight is 339 g/mol. The molecule has 0 bridgehead atoms. The van der Waals surface area contributed by atoms with Crippen molar-refractivity contribution in [3.8, 4) is 22.6 Å². The molecule has 128 valence electrons. The van der Waals surface area contributed by atoms with Gasteiger partial charge in [0.15, 0.2) is 0 Å². The summed E-state index contributed by atoms with van der Waals surface area (Å²) in [6.45, 7) is 4.74. The highest BCUT2D eigenvalue weighted by Gasteiger charge is 2.13. The first-order chi connectivity index (χ1) is 12.3. The maximum absolute atomic E-state index is 13.2. The molecule has 3 aromatic rings. The lowest BCUT2D eigenvalue weighted by atomic mass is 10.1. The molecule has 0 aliphatic carbocycles. The number of halogens is 1. The summed E-state index contributed by atoms with van der Waals surface area (Å²) in [6.07, 6.45) is 7.31. The number of H-pyrrole nitrogens is 1. The molecule has 0 spiro atoms. The summed E-state index contributed by atoms with van der Waals surface area (Å²) in [6, 6.07) is 6.18. The van der Waals surface area contributed by atoms with Crippen LogP contribution in [-0.4, -0.2) is 33.1 Å². The van der Waals surface area contributed by atoms with Gasteiger partial charge < -0.3 is 15.0 Å². The molecular formula is C18H18FN5O. The molecule has 0 radical (unpaired) electrons. The summed E-state index contributed by atoms with van der Waals surface area (Å²) in [7, 11) is 0. The molecule has 2 N–H and O–H groups in total. The Labute approximate surface area is 144 Å². The summed E-state index contributed by atoms with van der Waals surface area (Å²) in [5, 5.41) is 3.16. The number of aromatic nitrogens is 4. The number of hydrogen-bond donors (Lipinski definition) is 2. The molecule has 6 nitrogen and oxygen atoms in total. The van der Waals surface area contributed by atoms with Gasteiger partial charge in [-0.1, -0.05) is 6.58 Å². The number of nitrogens with zero attached hydrogens (tertiary/aromatic N) is 3. The molecule has 2 heterocycles. The molecule has 3 rings (SSSR count). The van der Waals surface area contributed by atoms with Crippen molar-refractivity contribution in [2.75, 3.05) is 18.5 Å². The van der Waals surface area contributed by atoms with E-state index in [1.807, 2.05) is 0 Å². The van der Waals surface area contributed by atoms with Crippen LogP contribution in [0.3, 0.4) is 0 Å². The van der Waals surface area contributed by atoms with Crippen molar-refractivity contribution in [2.24, 2.45) is 0 Å². The Morgan fingerprint density at radius 1 is 1.24 bits per heavy atom. The van der Waals surface area contributed by atoms with Crippen LogP contribution >= 0.6 is 0 Å². The van der Waals surface area contributed by atoms with Crippen LogP contribution in [0.15, 0.2) is 55.7 Å². The van der Waals surface area contributed by atoms with E-state index in [2.05, 4.69) is 31.8 Å². The molecule has 0 aliphatic heterocycles. The second kappa shape index (κ2) is 8.05. The van der Waals surface area contributed by atoms with Crippen LogP contribution in [-0.2, 0) is 4.74 Å². The Hall–Kier alpha value is -3.22. The molecular weight excluding hydrogens is 321 g/mol. The van der Waals surface area contributed by atoms with E-state index in [4.69, 9.17) is 4.74 Å². The van der Waals surface area contributed by atoms with E-state index >= 15 is 0 Å². The van der Waals surface area contributed by atoms with Crippen molar-refractivity contribution >= 4 is 5.95 Å². The fourth-order valence-corrected chi connectivity index (χ4v) is 2.32. The molecule has 0 saturated carbocycles. The van der Waals surface area contributed by atoms with E-state index in [0.717, 1.165) is 17.5 Å². The van der Waals surface area contributed by atoms with Crippen LogP contribution < -0.4 is 5.32 Å². The van der Waals surface area contributed by atoms with Crippen LogP contribution in [0.25, 0.3) is 22.6 Å². The quantitative estimate of drug-likeness (QED) is 0.484. The molecule has 0 saturated heterocycles. The largest absolute Gasteiger partial charge is 0.502 e. The van der Waals surface area contributed by atoms with Crippen molar-refractivity contribution in [1.82, 2.24) is 19.9 Å². The van der Waals surface area contributed by atoms with E-state index in [1.165, 1.54) is 18.4 Å². The third kappa shape index (κ3) is 4.20. The molecule has 0 amide bonds. The number of imidazole rings is 1. The third-order valence-electron chi connectivity index (χ3n) is 3.50. The number of aromatic amines is 1. The first-order valence-corrected chi connectivity index (χ1v) is 7.87. The smallest absolute Gasteiger partial charge is 0.223 e. The highest BCUT2D eigenvalue weighted by atomic mass is 19.1. The van der Waals surface area contributed by atoms with Gasteiger partial charge >= 0.3 is 0 Å². The van der Waals surface area contributed by atoms with Gasteiger partial charge in [-0.3, -0.25) is 0 Å². The Kier molecular flexibility index (Phi) is 5.36. The lowest BCUT2D eigenvalue weighted by Gasteiger charge is -2.10. The van der Waals surface area contributed by atoms with Crippen LogP contribution in [0, 0.1) is 5.82 Å². The van der Waals surface area contributed by atoms with Gasteiger partial charge in [-0.15, -0.1) is 0 Å². The van der Waals surface area contributed by atoms with E-state index < -0.39 is 0 Å².